The van der Waals surface area contributed by atoms with Crippen molar-refractivity contribution in [2.45, 2.75) is 44.7 Å². The molecule has 1 saturated carbocycles. The molecule has 0 radical (unpaired) electrons. The zero-order valence-electron chi connectivity index (χ0n) is 15.2. The first-order valence-electron chi connectivity index (χ1n) is 9.29. The molecule has 4 rings (SSSR count). The molecule has 27 heavy (non-hydrogen) atoms. The first-order chi connectivity index (χ1) is 13.2. The van der Waals surface area contributed by atoms with E-state index in [-0.39, 0.29) is 18.0 Å². The van der Waals surface area contributed by atoms with Gasteiger partial charge in [0.15, 0.2) is 0 Å². The van der Waals surface area contributed by atoms with Gasteiger partial charge in [-0.3, -0.25) is 9.78 Å². The number of nitrogens with zero attached hydrogens (tertiary/aromatic N) is 5. The second-order valence-corrected chi connectivity index (χ2v) is 6.95. The van der Waals surface area contributed by atoms with E-state index in [4.69, 9.17) is 0 Å². The van der Waals surface area contributed by atoms with Gasteiger partial charge in [-0.25, -0.2) is 0 Å². The van der Waals surface area contributed by atoms with Crippen molar-refractivity contribution in [3.8, 4) is 11.4 Å². The zero-order valence-corrected chi connectivity index (χ0v) is 15.2. The van der Waals surface area contributed by atoms with Gasteiger partial charge >= 0.3 is 0 Å². The lowest BCUT2D eigenvalue weighted by molar-refractivity contribution is 0.0895. The van der Waals surface area contributed by atoms with Crippen molar-refractivity contribution in [1.82, 2.24) is 30.5 Å². The molecule has 1 aliphatic rings. The predicted octanol–water partition coefficient (Wildman–Crippen LogP) is 2.96. The summed E-state index contributed by atoms with van der Waals surface area (Å²) < 4.78 is 0. The minimum absolute atomic E-state index is 0.00234. The number of hydrogen-bond acceptors (Lipinski definition) is 5. The molecule has 1 N–H and O–H groups in total. The van der Waals surface area contributed by atoms with E-state index >= 15 is 0 Å². The van der Waals surface area contributed by atoms with Crippen molar-refractivity contribution in [2.75, 3.05) is 0 Å². The van der Waals surface area contributed by atoms with Crippen molar-refractivity contribution in [3.63, 3.8) is 0 Å². The van der Waals surface area contributed by atoms with Crippen LogP contribution in [0.25, 0.3) is 11.4 Å². The summed E-state index contributed by atoms with van der Waals surface area (Å²) in [6, 6.07) is 13.3. The molecule has 2 aromatic heterocycles. The van der Waals surface area contributed by atoms with Crippen LogP contribution in [0.15, 0.2) is 48.7 Å². The van der Waals surface area contributed by atoms with E-state index in [2.05, 4.69) is 25.7 Å². The molecule has 1 amide bonds. The highest BCUT2D eigenvalue weighted by Crippen LogP contribution is 2.28. The van der Waals surface area contributed by atoms with Crippen molar-refractivity contribution in [1.29, 1.82) is 0 Å². The van der Waals surface area contributed by atoms with Gasteiger partial charge < -0.3 is 5.32 Å². The molecule has 1 aliphatic carbocycles. The fourth-order valence-corrected chi connectivity index (χ4v) is 3.56. The molecule has 0 unspecified atom stereocenters. The lowest BCUT2D eigenvalue weighted by atomic mass is 9.90. The Bertz CT molecular complexity index is 923. The molecular formula is C20H22N6O. The van der Waals surface area contributed by atoms with Gasteiger partial charge in [-0.1, -0.05) is 42.7 Å². The molecule has 0 bridgehead atoms. The van der Waals surface area contributed by atoms with Crippen molar-refractivity contribution in [3.05, 3.63) is 59.9 Å². The summed E-state index contributed by atoms with van der Waals surface area (Å²) in [6.07, 6.45) is 5.59. The van der Waals surface area contributed by atoms with E-state index < -0.39 is 0 Å². The SMILES string of the molecule is Cc1cccc(-c2nnn([C@H]3CCCC[C@@H]3NC(=O)c3ccccn3)n2)c1. The molecule has 2 atom stereocenters. The molecule has 1 aromatic carbocycles. The van der Waals surface area contributed by atoms with Gasteiger partial charge in [0.05, 0.1) is 12.1 Å². The number of pyridine rings is 1. The maximum absolute atomic E-state index is 12.5. The number of tetrazole rings is 1. The molecule has 1 fully saturated rings. The lowest BCUT2D eigenvalue weighted by Gasteiger charge is -2.30. The number of rotatable bonds is 4. The smallest absolute Gasteiger partial charge is 0.270 e. The van der Waals surface area contributed by atoms with Crippen LogP contribution in [0.3, 0.4) is 0 Å². The number of hydrogen-bond donors (Lipinski definition) is 1. The number of carbonyl (C=O) groups excluding carboxylic acids is 1. The average Bonchev–Trinajstić information content (AvgIpc) is 3.19. The van der Waals surface area contributed by atoms with Crippen LogP contribution >= 0.6 is 0 Å². The first kappa shape index (κ1) is 17.3. The third-order valence-corrected chi connectivity index (χ3v) is 4.94. The molecule has 0 spiro atoms. The van der Waals surface area contributed by atoms with Crippen LogP contribution < -0.4 is 5.32 Å². The Morgan fingerprint density at radius 2 is 2.04 bits per heavy atom. The van der Waals surface area contributed by atoms with E-state index in [9.17, 15) is 4.79 Å². The molecule has 3 aromatic rings. The van der Waals surface area contributed by atoms with Crippen LogP contribution in [0.4, 0.5) is 0 Å². The van der Waals surface area contributed by atoms with Crippen LogP contribution in [0, 0.1) is 6.92 Å². The molecule has 0 aliphatic heterocycles. The van der Waals surface area contributed by atoms with Gasteiger partial charge in [-0.05, 0) is 43.2 Å². The molecular weight excluding hydrogens is 340 g/mol. The normalized spacial score (nSPS) is 19.6. The predicted molar refractivity (Wildman–Crippen MR) is 101 cm³/mol. The van der Waals surface area contributed by atoms with Gasteiger partial charge in [0.1, 0.15) is 5.69 Å². The average molecular weight is 362 g/mol. The van der Waals surface area contributed by atoms with Crippen LogP contribution in [0.1, 0.15) is 47.8 Å². The number of aryl methyl sites for hydroxylation is 1. The summed E-state index contributed by atoms with van der Waals surface area (Å²) in [6.45, 7) is 2.04. The van der Waals surface area contributed by atoms with Crippen LogP contribution in [0.5, 0.6) is 0 Å². The minimum atomic E-state index is -0.161. The standard InChI is InChI=1S/C20H22N6O/c1-14-7-6-8-15(13-14)19-23-25-26(24-19)18-11-3-2-9-16(18)22-20(27)17-10-4-5-12-21-17/h4-8,10,12-13,16,18H,2-3,9,11H2,1H3,(H,22,27)/t16-,18-/m0/s1. The largest absolute Gasteiger partial charge is 0.346 e. The van der Waals surface area contributed by atoms with E-state index in [1.165, 1.54) is 0 Å². The fourth-order valence-electron chi connectivity index (χ4n) is 3.56. The van der Waals surface area contributed by atoms with E-state index in [0.717, 1.165) is 36.8 Å². The quantitative estimate of drug-likeness (QED) is 0.771. The number of benzene rings is 1. The van der Waals surface area contributed by atoms with Crippen molar-refractivity contribution in [2.24, 2.45) is 0 Å². The van der Waals surface area contributed by atoms with Gasteiger partial charge in [0.25, 0.3) is 5.91 Å². The third kappa shape index (κ3) is 3.86. The molecule has 7 heteroatoms. The molecule has 7 nitrogen and oxygen atoms in total. The summed E-state index contributed by atoms with van der Waals surface area (Å²) in [4.78, 5) is 18.3. The Hall–Kier alpha value is -3.09. The van der Waals surface area contributed by atoms with Crippen LogP contribution in [-0.2, 0) is 0 Å². The van der Waals surface area contributed by atoms with E-state index in [0.29, 0.717) is 11.5 Å². The van der Waals surface area contributed by atoms with Gasteiger partial charge in [-0.2, -0.15) is 4.80 Å². The lowest BCUT2D eigenvalue weighted by Crippen LogP contribution is -2.44. The monoisotopic (exact) mass is 362 g/mol. The molecule has 0 saturated heterocycles. The Kier molecular flexibility index (Phi) is 4.91. The number of carbonyl (C=O) groups is 1. The summed E-state index contributed by atoms with van der Waals surface area (Å²) in [5, 5.41) is 16.2. The number of aromatic nitrogens is 5. The maximum Gasteiger partial charge on any atom is 0.270 e. The Balaban J connectivity index is 1.53. The second kappa shape index (κ2) is 7.65. The highest BCUT2D eigenvalue weighted by Gasteiger charge is 2.30. The number of nitrogens with one attached hydrogen (secondary N) is 1. The number of amides is 1. The maximum atomic E-state index is 12.5. The molecule has 138 valence electrons. The second-order valence-electron chi connectivity index (χ2n) is 6.95. The zero-order chi connectivity index (χ0) is 18.6. The summed E-state index contributed by atoms with van der Waals surface area (Å²) in [5.74, 6) is 0.450. The highest BCUT2D eigenvalue weighted by atomic mass is 16.2. The summed E-state index contributed by atoms with van der Waals surface area (Å²) in [5.41, 5.74) is 2.53. The minimum Gasteiger partial charge on any atom is -0.346 e. The van der Waals surface area contributed by atoms with Gasteiger partial charge in [0.2, 0.25) is 5.82 Å². The Labute approximate surface area is 157 Å². The van der Waals surface area contributed by atoms with Gasteiger partial charge in [0, 0.05) is 11.8 Å². The first-order valence-corrected chi connectivity index (χ1v) is 9.29. The summed E-state index contributed by atoms with van der Waals surface area (Å²) in [7, 11) is 0. The Morgan fingerprint density at radius 3 is 2.85 bits per heavy atom. The van der Waals surface area contributed by atoms with Crippen molar-refractivity contribution >= 4 is 5.91 Å². The van der Waals surface area contributed by atoms with Crippen molar-refractivity contribution < 1.29 is 4.79 Å². The van der Waals surface area contributed by atoms with Gasteiger partial charge in [-0.15, -0.1) is 10.2 Å². The van der Waals surface area contributed by atoms with Crippen LogP contribution in [-0.4, -0.2) is 37.1 Å². The van der Waals surface area contributed by atoms with E-state index in [1.807, 2.05) is 37.3 Å². The van der Waals surface area contributed by atoms with Crippen LogP contribution in [0.2, 0.25) is 0 Å². The topological polar surface area (TPSA) is 85.6 Å². The molecule has 2 heterocycles. The third-order valence-electron chi connectivity index (χ3n) is 4.94. The Morgan fingerprint density at radius 1 is 1.15 bits per heavy atom. The highest BCUT2D eigenvalue weighted by molar-refractivity contribution is 5.92. The fraction of sp³-hybridized carbons (Fsp3) is 0.350. The van der Waals surface area contributed by atoms with E-state index in [1.54, 1.807) is 23.1 Å². The summed E-state index contributed by atoms with van der Waals surface area (Å²) >= 11 is 0.